The Morgan fingerprint density at radius 2 is 0.947 bits per heavy atom. The minimum absolute atomic E-state index is 0.288. The van der Waals surface area contributed by atoms with Crippen LogP contribution in [0.4, 0.5) is 11.6 Å². The molecule has 3 aromatic heterocycles. The van der Waals surface area contributed by atoms with Crippen molar-refractivity contribution in [2.24, 2.45) is 9.98 Å². The number of aromatic nitrogens is 3. The van der Waals surface area contributed by atoms with Crippen molar-refractivity contribution in [2.45, 2.75) is 33.4 Å². The van der Waals surface area contributed by atoms with E-state index in [1.54, 1.807) is 23.5 Å². The molecule has 0 saturated heterocycles. The molecule has 4 heterocycles. The van der Waals surface area contributed by atoms with E-state index in [2.05, 4.69) is 94.5 Å². The number of para-hydroxylation sites is 2. The molecule has 0 fully saturated rings. The molecule has 2 amide bonds. The first kappa shape index (κ1) is 47.5. The maximum absolute atomic E-state index is 14.5. The molecule has 0 bridgehead atoms. The maximum Gasteiger partial charge on any atom is 0.257 e. The number of hydrogen-bond acceptors (Lipinski definition) is 9. The zero-order valence-electron chi connectivity index (χ0n) is 40.4. The van der Waals surface area contributed by atoms with E-state index >= 15 is 0 Å². The minimum Gasteiger partial charge on any atom is -0.325 e. The van der Waals surface area contributed by atoms with Crippen LogP contribution in [-0.4, -0.2) is 38.4 Å². The number of amides is 2. The molecule has 0 aliphatic carbocycles. The molecule has 1 aliphatic rings. The van der Waals surface area contributed by atoms with Gasteiger partial charge >= 0.3 is 0 Å². The van der Waals surface area contributed by atoms with Gasteiger partial charge in [0.25, 0.3) is 11.8 Å². The number of aromatic amines is 1. The van der Waals surface area contributed by atoms with Gasteiger partial charge in [0.1, 0.15) is 27.5 Å². The van der Waals surface area contributed by atoms with Crippen molar-refractivity contribution >= 4 is 113 Å². The second kappa shape index (κ2) is 20.8. The number of aryl methyl sites for hydroxylation is 2. The Bertz CT molecular complexity index is 4000. The highest BCUT2D eigenvalue weighted by atomic mass is 32.2. The number of H-pyrrole nitrogens is 1. The second-order valence-electron chi connectivity index (χ2n) is 17.6. The summed E-state index contributed by atoms with van der Waals surface area (Å²) in [6.07, 6.45) is 0. The SMILES string of the molecule is Cc1ccccc1C(=O)NC1=NC(=Nc2[nH]c(NC(=O)c3ccccc3C)c(-c3nc4ccccc4s3)c2-c2ccc(Sc3ccccc3)cc2)C(c2ccc(Sc3ccccc3)cc2)=C1c1nc2ccccc2s1. The third-order valence-corrected chi connectivity index (χ3v) is 16.8. The fraction of sp³-hybridized carbons (Fsp3) is 0.0323. The number of benzene rings is 8. The van der Waals surface area contributed by atoms with E-state index in [-0.39, 0.29) is 11.8 Å². The van der Waals surface area contributed by atoms with E-state index in [9.17, 15) is 9.59 Å². The fourth-order valence-electron chi connectivity index (χ4n) is 8.96. The molecule has 0 atom stereocenters. The number of aliphatic imine (C=N–C) groups is 2. The molecule has 0 spiro atoms. The average Bonchev–Trinajstić information content (AvgIpc) is 4.24. The van der Waals surface area contributed by atoms with Crippen LogP contribution in [0.3, 0.4) is 0 Å². The van der Waals surface area contributed by atoms with Gasteiger partial charge in [0.05, 0.1) is 31.6 Å². The summed E-state index contributed by atoms with van der Waals surface area (Å²) in [7, 11) is 0. The van der Waals surface area contributed by atoms with Crippen molar-refractivity contribution in [1.82, 2.24) is 20.3 Å². The Hall–Kier alpha value is -8.46. The normalized spacial score (nSPS) is 12.9. The summed E-state index contributed by atoms with van der Waals surface area (Å²) in [6.45, 7) is 3.84. The van der Waals surface area contributed by atoms with Gasteiger partial charge in [0.2, 0.25) is 0 Å². The van der Waals surface area contributed by atoms with Crippen molar-refractivity contribution < 1.29 is 9.59 Å². The van der Waals surface area contributed by atoms with Crippen LogP contribution in [0.2, 0.25) is 0 Å². The highest BCUT2D eigenvalue weighted by molar-refractivity contribution is 7.99. The van der Waals surface area contributed by atoms with Gasteiger partial charge in [-0.1, -0.05) is 145 Å². The number of thiazole rings is 2. The molecule has 9 nitrogen and oxygen atoms in total. The number of rotatable bonds is 12. The molecule has 1 aliphatic heterocycles. The van der Waals surface area contributed by atoms with Gasteiger partial charge in [-0.05, 0) is 121 Å². The van der Waals surface area contributed by atoms with E-state index in [1.165, 1.54) is 22.7 Å². The molecule has 75 heavy (non-hydrogen) atoms. The lowest BCUT2D eigenvalue weighted by molar-refractivity contribution is 0.0975. The number of carbonyl (C=O) groups excluding carboxylic acids is 2. The Kier molecular flexibility index (Phi) is 13.2. The first-order valence-corrected chi connectivity index (χ1v) is 27.4. The van der Waals surface area contributed by atoms with Crippen molar-refractivity contribution in [2.75, 3.05) is 5.32 Å². The number of anilines is 1. The first-order chi connectivity index (χ1) is 36.8. The number of fused-ring (bicyclic) bond motifs is 2. The summed E-state index contributed by atoms with van der Waals surface area (Å²) in [5.74, 6) is 0.898. The molecule has 11 aromatic rings. The smallest absolute Gasteiger partial charge is 0.257 e. The van der Waals surface area contributed by atoms with E-state index in [0.29, 0.717) is 66.7 Å². The first-order valence-electron chi connectivity index (χ1n) is 24.1. The van der Waals surface area contributed by atoms with Crippen molar-refractivity contribution in [3.05, 3.63) is 239 Å². The number of nitrogens with zero attached hydrogens (tertiary/aromatic N) is 4. The Morgan fingerprint density at radius 3 is 1.51 bits per heavy atom. The molecule has 362 valence electrons. The quantitative estimate of drug-likeness (QED) is 0.112. The minimum atomic E-state index is -0.311. The summed E-state index contributed by atoms with van der Waals surface area (Å²) in [5, 5.41) is 7.85. The highest BCUT2D eigenvalue weighted by Gasteiger charge is 2.33. The highest BCUT2D eigenvalue weighted by Crippen LogP contribution is 2.49. The van der Waals surface area contributed by atoms with Crippen LogP contribution in [0.25, 0.3) is 53.3 Å². The second-order valence-corrected chi connectivity index (χ2v) is 22.0. The van der Waals surface area contributed by atoms with Crippen molar-refractivity contribution in [3.63, 3.8) is 0 Å². The lowest BCUT2D eigenvalue weighted by atomic mass is 9.99. The predicted molar refractivity (Wildman–Crippen MR) is 311 cm³/mol. The van der Waals surface area contributed by atoms with Gasteiger partial charge in [-0.3, -0.25) is 9.59 Å². The van der Waals surface area contributed by atoms with Crippen molar-refractivity contribution in [3.8, 4) is 21.7 Å². The lowest BCUT2D eigenvalue weighted by Gasteiger charge is -2.11. The zero-order valence-corrected chi connectivity index (χ0v) is 43.6. The maximum atomic E-state index is 14.5. The summed E-state index contributed by atoms with van der Waals surface area (Å²) in [5.41, 5.74) is 8.72. The predicted octanol–water partition coefficient (Wildman–Crippen LogP) is 16.2. The number of carbonyl (C=O) groups is 2. The lowest BCUT2D eigenvalue weighted by Crippen LogP contribution is -2.31. The van der Waals surface area contributed by atoms with E-state index in [1.807, 2.05) is 141 Å². The van der Waals surface area contributed by atoms with E-state index < -0.39 is 0 Å². The number of nitrogens with one attached hydrogen (secondary N) is 3. The van der Waals surface area contributed by atoms with Crippen LogP contribution < -0.4 is 10.6 Å². The third kappa shape index (κ3) is 9.89. The van der Waals surface area contributed by atoms with Crippen molar-refractivity contribution in [1.29, 1.82) is 0 Å². The molecule has 3 N–H and O–H groups in total. The molecule has 13 heteroatoms. The Balaban J connectivity index is 1.10. The number of hydrogen-bond donors (Lipinski definition) is 3. The topological polar surface area (TPSA) is 124 Å². The zero-order chi connectivity index (χ0) is 50.8. The Labute approximate surface area is 449 Å². The van der Waals surface area contributed by atoms with Crippen LogP contribution >= 0.6 is 46.2 Å². The Morgan fingerprint density at radius 1 is 0.480 bits per heavy atom. The van der Waals surface area contributed by atoms with Gasteiger partial charge < -0.3 is 15.6 Å². The van der Waals surface area contributed by atoms with Gasteiger partial charge in [-0.25, -0.2) is 20.0 Å². The molecule has 0 saturated carbocycles. The van der Waals surface area contributed by atoms with Crippen LogP contribution in [0.5, 0.6) is 0 Å². The van der Waals surface area contributed by atoms with E-state index in [0.717, 1.165) is 62.3 Å². The summed E-state index contributed by atoms with van der Waals surface area (Å²) >= 11 is 6.41. The molecule has 0 radical (unpaired) electrons. The van der Waals surface area contributed by atoms with E-state index in [4.69, 9.17) is 20.0 Å². The van der Waals surface area contributed by atoms with Crippen LogP contribution in [0.1, 0.15) is 42.4 Å². The average molecular weight is 1050 g/mol. The molecule has 0 unspecified atom stereocenters. The standard InChI is InChI=1S/C62H43N7O2S4/c1-37-17-9-11-23-45(37)59(70)68-57-53(61-63-47-25-13-15-27-49(47)74-61)51(39-29-33-43(34-30-39)72-41-19-5-3-6-20-41)55(66-57)65-56-52(40-31-35-44(36-32-40)73-42-21-7-4-8-22-42)54(62-64-48-26-14-16-28-50(48)75-62)58(67-56)69-60(71)46-24-12-10-18-38(46)2/h3-36,66H,1-2H3,(H,68,70)(H,65,67,69,71). The summed E-state index contributed by atoms with van der Waals surface area (Å²) in [4.78, 5) is 58.2. The molecular weight excluding hydrogens is 1000 g/mol. The summed E-state index contributed by atoms with van der Waals surface area (Å²) in [6, 6.07) is 68.3. The third-order valence-electron chi connectivity index (χ3n) is 12.6. The summed E-state index contributed by atoms with van der Waals surface area (Å²) < 4.78 is 1.98. The number of amidine groups is 2. The largest absolute Gasteiger partial charge is 0.325 e. The van der Waals surface area contributed by atoms with Gasteiger partial charge in [-0.2, -0.15) is 0 Å². The van der Waals surface area contributed by atoms with Gasteiger partial charge in [0.15, 0.2) is 5.84 Å². The monoisotopic (exact) mass is 1050 g/mol. The van der Waals surface area contributed by atoms with Crippen LogP contribution in [0.15, 0.2) is 236 Å². The molecule has 12 rings (SSSR count). The van der Waals surface area contributed by atoms with Crippen LogP contribution in [-0.2, 0) is 0 Å². The molecule has 8 aromatic carbocycles. The van der Waals surface area contributed by atoms with Gasteiger partial charge in [-0.15, -0.1) is 22.7 Å². The molecular formula is C62H43N7O2S4. The fourth-order valence-corrected chi connectivity index (χ4v) is 12.7. The van der Waals surface area contributed by atoms with Gasteiger partial charge in [0, 0.05) is 41.8 Å². The van der Waals surface area contributed by atoms with Crippen LogP contribution in [0, 0.1) is 13.8 Å².